The van der Waals surface area contributed by atoms with Gasteiger partial charge in [0.05, 0.1) is 19.1 Å². The van der Waals surface area contributed by atoms with Crippen molar-refractivity contribution in [3.63, 3.8) is 0 Å². The van der Waals surface area contributed by atoms with E-state index in [4.69, 9.17) is 9.47 Å². The minimum absolute atomic E-state index is 0.0110. The molecule has 1 aliphatic rings. The second-order valence-corrected chi connectivity index (χ2v) is 8.32. The lowest BCUT2D eigenvalue weighted by Crippen LogP contribution is -2.41. The smallest absolute Gasteiger partial charge is 0.309 e. The molecule has 1 saturated heterocycles. The number of hydrogen-bond donors (Lipinski definition) is 0. The van der Waals surface area contributed by atoms with Gasteiger partial charge in [-0.2, -0.15) is 0 Å². The number of ether oxygens (including phenoxy) is 2. The highest BCUT2D eigenvalue weighted by Crippen LogP contribution is 2.33. The number of carbonyl (C=O) groups is 1. The minimum atomic E-state index is -0.0402. The summed E-state index contributed by atoms with van der Waals surface area (Å²) in [6, 6.07) is 0. The molecule has 1 heterocycles. The monoisotopic (exact) mass is 284 g/mol. The van der Waals surface area contributed by atoms with Crippen LogP contribution in [0.5, 0.6) is 0 Å². The Kier molecular flexibility index (Phi) is 6.06. The van der Waals surface area contributed by atoms with Crippen LogP contribution in [0.1, 0.15) is 67.2 Å². The molecule has 0 saturated carbocycles. The molecule has 0 aromatic heterocycles. The van der Waals surface area contributed by atoms with Gasteiger partial charge in [-0.1, -0.05) is 54.4 Å². The number of rotatable bonds is 6. The maximum atomic E-state index is 12.3. The molecule has 0 aromatic carbocycles. The molecule has 0 N–H and O–H groups in total. The van der Waals surface area contributed by atoms with Gasteiger partial charge < -0.3 is 9.47 Å². The topological polar surface area (TPSA) is 35.5 Å². The van der Waals surface area contributed by atoms with Gasteiger partial charge >= 0.3 is 5.97 Å². The van der Waals surface area contributed by atoms with Crippen molar-refractivity contribution in [2.75, 3.05) is 13.2 Å². The van der Waals surface area contributed by atoms with E-state index >= 15 is 0 Å². The first kappa shape index (κ1) is 17.5. The van der Waals surface area contributed by atoms with E-state index in [9.17, 15) is 4.79 Å². The molecule has 3 heteroatoms. The van der Waals surface area contributed by atoms with Crippen LogP contribution in [0.15, 0.2) is 0 Å². The summed E-state index contributed by atoms with van der Waals surface area (Å²) < 4.78 is 10.6. The van der Waals surface area contributed by atoms with Gasteiger partial charge in [-0.25, -0.2) is 0 Å². The summed E-state index contributed by atoms with van der Waals surface area (Å²) in [6.45, 7) is 14.3. The Labute approximate surface area is 124 Å². The van der Waals surface area contributed by atoms with Crippen molar-refractivity contribution in [3.8, 4) is 0 Å². The van der Waals surface area contributed by atoms with E-state index < -0.39 is 0 Å². The minimum Gasteiger partial charge on any atom is -0.457 e. The van der Waals surface area contributed by atoms with Gasteiger partial charge in [0.25, 0.3) is 0 Å². The third-order valence-corrected chi connectivity index (χ3v) is 3.89. The van der Waals surface area contributed by atoms with Gasteiger partial charge in [0.1, 0.15) is 6.10 Å². The fourth-order valence-electron chi connectivity index (χ4n) is 2.44. The van der Waals surface area contributed by atoms with Crippen molar-refractivity contribution in [2.24, 2.45) is 16.7 Å². The Bertz CT molecular complexity index is 305. The predicted molar refractivity (Wildman–Crippen MR) is 81.6 cm³/mol. The van der Waals surface area contributed by atoms with E-state index in [2.05, 4.69) is 41.5 Å². The molecule has 1 rings (SSSR count). The lowest BCUT2D eigenvalue weighted by molar-refractivity contribution is -0.180. The summed E-state index contributed by atoms with van der Waals surface area (Å²) in [6.07, 6.45) is 4.38. The van der Waals surface area contributed by atoms with Gasteiger partial charge in [-0.05, 0) is 23.7 Å². The summed E-state index contributed by atoms with van der Waals surface area (Å²) in [7, 11) is 0. The molecule has 1 aliphatic heterocycles. The Balaban J connectivity index is 2.41. The van der Waals surface area contributed by atoms with Gasteiger partial charge in [-0.3, -0.25) is 4.79 Å². The first-order chi connectivity index (χ1) is 9.09. The van der Waals surface area contributed by atoms with Crippen LogP contribution in [0.4, 0.5) is 0 Å². The van der Waals surface area contributed by atoms with Crippen LogP contribution in [0.25, 0.3) is 0 Å². The molecular weight excluding hydrogens is 252 g/mol. The summed E-state index contributed by atoms with van der Waals surface area (Å²) in [4.78, 5) is 12.3. The zero-order valence-electron chi connectivity index (χ0n) is 14.1. The standard InChI is InChI=1S/C17H32O3/c1-16(2,3)10-8-7-9-14(17(4,5)6)15(18)20-13-11-19-12-13/h13-14H,7-12H2,1-6H3. The first-order valence-electron chi connectivity index (χ1n) is 7.88. The largest absolute Gasteiger partial charge is 0.457 e. The fourth-order valence-corrected chi connectivity index (χ4v) is 2.44. The third kappa shape index (κ3) is 6.25. The molecule has 3 nitrogen and oxygen atoms in total. The molecule has 0 amide bonds. The average molecular weight is 284 g/mol. The van der Waals surface area contributed by atoms with Crippen molar-refractivity contribution >= 4 is 5.97 Å². The number of esters is 1. The van der Waals surface area contributed by atoms with E-state index in [1.165, 1.54) is 12.8 Å². The van der Waals surface area contributed by atoms with E-state index in [1.807, 2.05) is 0 Å². The van der Waals surface area contributed by atoms with E-state index in [0.29, 0.717) is 18.6 Å². The average Bonchev–Trinajstić information content (AvgIpc) is 2.19. The van der Waals surface area contributed by atoms with Gasteiger partial charge in [0, 0.05) is 0 Å². The Morgan fingerprint density at radius 3 is 2.15 bits per heavy atom. The maximum Gasteiger partial charge on any atom is 0.309 e. The molecular formula is C17H32O3. The number of unbranched alkanes of at least 4 members (excludes halogenated alkanes) is 1. The quantitative estimate of drug-likeness (QED) is 0.542. The first-order valence-corrected chi connectivity index (χ1v) is 7.88. The molecule has 1 unspecified atom stereocenters. The van der Waals surface area contributed by atoms with E-state index in [0.717, 1.165) is 12.8 Å². The molecule has 1 fully saturated rings. The molecule has 0 aliphatic carbocycles. The SMILES string of the molecule is CC(C)(C)CCCCC(C(=O)OC1COC1)C(C)(C)C. The Morgan fingerprint density at radius 1 is 1.15 bits per heavy atom. The molecule has 20 heavy (non-hydrogen) atoms. The second-order valence-electron chi connectivity index (χ2n) is 8.32. The van der Waals surface area contributed by atoms with Crippen molar-refractivity contribution < 1.29 is 14.3 Å². The normalized spacial score (nSPS) is 18.5. The summed E-state index contributed by atoms with van der Waals surface area (Å²) in [5, 5.41) is 0. The van der Waals surface area contributed by atoms with Gasteiger partial charge in [0.2, 0.25) is 0 Å². The highest BCUT2D eigenvalue weighted by atomic mass is 16.6. The zero-order valence-corrected chi connectivity index (χ0v) is 14.1. The van der Waals surface area contributed by atoms with E-state index in [1.54, 1.807) is 0 Å². The molecule has 0 radical (unpaired) electrons. The van der Waals surface area contributed by atoms with Crippen LogP contribution in [0.3, 0.4) is 0 Å². The molecule has 1 atom stereocenters. The lowest BCUT2D eigenvalue weighted by atomic mass is 9.77. The summed E-state index contributed by atoms with van der Waals surface area (Å²) in [5.41, 5.74) is 0.338. The van der Waals surface area contributed by atoms with Crippen molar-refractivity contribution in [1.82, 2.24) is 0 Å². The van der Waals surface area contributed by atoms with Crippen molar-refractivity contribution in [1.29, 1.82) is 0 Å². The van der Waals surface area contributed by atoms with Gasteiger partial charge in [-0.15, -0.1) is 0 Å². The highest BCUT2D eigenvalue weighted by molar-refractivity contribution is 5.73. The Morgan fingerprint density at radius 2 is 1.75 bits per heavy atom. The molecule has 0 spiro atoms. The van der Waals surface area contributed by atoms with Crippen LogP contribution in [-0.4, -0.2) is 25.3 Å². The lowest BCUT2D eigenvalue weighted by Gasteiger charge is -2.33. The second kappa shape index (κ2) is 6.93. The molecule has 118 valence electrons. The van der Waals surface area contributed by atoms with Crippen LogP contribution in [0, 0.1) is 16.7 Å². The summed E-state index contributed by atoms with van der Waals surface area (Å²) >= 11 is 0. The van der Waals surface area contributed by atoms with Crippen LogP contribution in [-0.2, 0) is 14.3 Å². The zero-order chi connectivity index (χ0) is 15.4. The summed E-state index contributed by atoms with van der Waals surface area (Å²) in [5.74, 6) is -0.0513. The van der Waals surface area contributed by atoms with E-state index in [-0.39, 0.29) is 23.4 Å². The number of hydrogen-bond acceptors (Lipinski definition) is 3. The number of carbonyl (C=O) groups excluding carboxylic acids is 1. The maximum absolute atomic E-state index is 12.3. The van der Waals surface area contributed by atoms with Crippen LogP contribution in [0.2, 0.25) is 0 Å². The van der Waals surface area contributed by atoms with Crippen LogP contribution < -0.4 is 0 Å². The van der Waals surface area contributed by atoms with Crippen molar-refractivity contribution in [3.05, 3.63) is 0 Å². The Hall–Kier alpha value is -0.570. The molecule has 0 bridgehead atoms. The van der Waals surface area contributed by atoms with Gasteiger partial charge in [0.15, 0.2) is 0 Å². The fraction of sp³-hybridized carbons (Fsp3) is 0.941. The van der Waals surface area contributed by atoms with Crippen molar-refractivity contribution in [2.45, 2.75) is 73.3 Å². The molecule has 0 aromatic rings. The highest BCUT2D eigenvalue weighted by Gasteiger charge is 2.34. The van der Waals surface area contributed by atoms with Crippen LogP contribution >= 0.6 is 0 Å². The predicted octanol–water partition coefficient (Wildman–Crippen LogP) is 4.20. The third-order valence-electron chi connectivity index (χ3n) is 3.89.